The van der Waals surface area contributed by atoms with E-state index in [1.165, 1.54) is 6.07 Å². The molecule has 2 aromatic rings. The first-order valence-corrected chi connectivity index (χ1v) is 7.87. The zero-order chi connectivity index (χ0) is 18.5. The van der Waals surface area contributed by atoms with E-state index in [-0.39, 0.29) is 6.79 Å². The summed E-state index contributed by atoms with van der Waals surface area (Å²) in [6.07, 6.45) is 0. The molecule has 2 amide bonds. The lowest BCUT2D eigenvalue weighted by atomic mass is 10.1. The van der Waals surface area contributed by atoms with E-state index in [9.17, 15) is 14.7 Å². The molecule has 0 fully saturated rings. The highest BCUT2D eigenvalue weighted by molar-refractivity contribution is 6.01. The molecule has 0 aromatic heterocycles. The van der Waals surface area contributed by atoms with Crippen LogP contribution in [0.15, 0.2) is 42.5 Å². The number of carbonyl (C=O) groups is 2. The van der Waals surface area contributed by atoms with Crippen LogP contribution in [0.4, 0.5) is 5.69 Å². The monoisotopic (exact) mass is 358 g/mol. The van der Waals surface area contributed by atoms with Gasteiger partial charge >= 0.3 is 0 Å². The Morgan fingerprint density at radius 3 is 2.58 bits per heavy atom. The lowest BCUT2D eigenvalue weighted by Gasteiger charge is -2.16. The molecule has 0 radical (unpaired) electrons. The number of carbonyl (C=O) groups excluding carboxylic acids is 2. The molecule has 1 aliphatic rings. The topological polar surface area (TPSA) is 106 Å². The summed E-state index contributed by atoms with van der Waals surface area (Å²) < 4.78 is 15.5. The van der Waals surface area contributed by atoms with Gasteiger partial charge in [-0.2, -0.15) is 0 Å². The summed E-state index contributed by atoms with van der Waals surface area (Å²) in [6, 6.07) is 10.3. The normalized spacial score (nSPS) is 13.0. The van der Waals surface area contributed by atoms with Gasteiger partial charge in [-0.05, 0) is 42.5 Å². The predicted molar refractivity (Wildman–Crippen MR) is 92.5 cm³/mol. The number of aliphatic hydroxyl groups is 1. The van der Waals surface area contributed by atoms with Crippen LogP contribution in [0.1, 0.15) is 10.4 Å². The Kier molecular flexibility index (Phi) is 5.23. The Bertz CT molecular complexity index is 806. The van der Waals surface area contributed by atoms with Gasteiger partial charge in [0.2, 0.25) is 12.7 Å². The van der Waals surface area contributed by atoms with E-state index in [1.54, 1.807) is 43.5 Å². The lowest BCUT2D eigenvalue weighted by molar-refractivity contribution is -0.118. The third-order valence-corrected chi connectivity index (χ3v) is 3.80. The minimum atomic E-state index is -1.10. The molecule has 3 rings (SSSR count). The highest BCUT2D eigenvalue weighted by Crippen LogP contribution is 2.32. The molecule has 0 saturated heterocycles. The fourth-order valence-corrected chi connectivity index (χ4v) is 2.38. The molecular weight excluding hydrogens is 340 g/mol. The van der Waals surface area contributed by atoms with Crippen LogP contribution in [0.25, 0.3) is 0 Å². The summed E-state index contributed by atoms with van der Waals surface area (Å²) in [7, 11) is 1.54. The van der Waals surface area contributed by atoms with E-state index in [2.05, 4.69) is 10.6 Å². The van der Waals surface area contributed by atoms with Crippen molar-refractivity contribution in [3.05, 3.63) is 48.0 Å². The zero-order valence-corrected chi connectivity index (χ0v) is 14.0. The van der Waals surface area contributed by atoms with Crippen LogP contribution in [0.3, 0.4) is 0 Å². The van der Waals surface area contributed by atoms with Gasteiger partial charge in [0.1, 0.15) is 11.8 Å². The van der Waals surface area contributed by atoms with Gasteiger partial charge in [0.15, 0.2) is 11.5 Å². The highest BCUT2D eigenvalue weighted by atomic mass is 16.7. The van der Waals surface area contributed by atoms with Gasteiger partial charge in [-0.1, -0.05) is 0 Å². The Balaban J connectivity index is 1.64. The molecule has 1 atom stereocenters. The third-order valence-electron chi connectivity index (χ3n) is 3.80. The average Bonchev–Trinajstić information content (AvgIpc) is 3.14. The second-order valence-corrected chi connectivity index (χ2v) is 5.49. The Hall–Kier alpha value is -3.26. The SMILES string of the molecule is COc1ccc(NC(=O)C(CO)NC(=O)c2ccc3c(c2)OCO3)cc1. The smallest absolute Gasteiger partial charge is 0.252 e. The summed E-state index contributed by atoms with van der Waals surface area (Å²) >= 11 is 0. The second-order valence-electron chi connectivity index (χ2n) is 5.49. The van der Waals surface area contributed by atoms with Gasteiger partial charge in [0, 0.05) is 11.3 Å². The van der Waals surface area contributed by atoms with Crippen LogP contribution in [-0.4, -0.2) is 43.5 Å². The fourth-order valence-electron chi connectivity index (χ4n) is 2.38. The number of amides is 2. The molecule has 26 heavy (non-hydrogen) atoms. The summed E-state index contributed by atoms with van der Waals surface area (Å²) in [5, 5.41) is 14.6. The summed E-state index contributed by atoms with van der Waals surface area (Å²) in [5.74, 6) is 0.621. The lowest BCUT2D eigenvalue weighted by Crippen LogP contribution is -2.46. The maximum Gasteiger partial charge on any atom is 0.252 e. The number of rotatable bonds is 6. The molecular formula is C18H18N2O6. The molecule has 0 spiro atoms. The van der Waals surface area contributed by atoms with E-state index in [1.807, 2.05) is 0 Å². The number of methoxy groups -OCH3 is 1. The molecule has 8 nitrogen and oxygen atoms in total. The molecule has 8 heteroatoms. The van der Waals surface area contributed by atoms with E-state index in [0.717, 1.165) is 0 Å². The maximum atomic E-state index is 12.3. The number of ether oxygens (including phenoxy) is 3. The van der Waals surface area contributed by atoms with Crippen molar-refractivity contribution in [2.24, 2.45) is 0 Å². The van der Waals surface area contributed by atoms with Gasteiger partial charge in [0.25, 0.3) is 5.91 Å². The van der Waals surface area contributed by atoms with Crippen molar-refractivity contribution in [1.82, 2.24) is 5.32 Å². The van der Waals surface area contributed by atoms with Gasteiger partial charge in [-0.25, -0.2) is 0 Å². The van der Waals surface area contributed by atoms with Crippen molar-refractivity contribution in [2.45, 2.75) is 6.04 Å². The zero-order valence-electron chi connectivity index (χ0n) is 14.0. The van der Waals surface area contributed by atoms with E-state index < -0.39 is 24.5 Å². The van der Waals surface area contributed by atoms with Gasteiger partial charge in [-0.3, -0.25) is 9.59 Å². The largest absolute Gasteiger partial charge is 0.497 e. The number of anilines is 1. The number of hydrogen-bond acceptors (Lipinski definition) is 6. The van der Waals surface area contributed by atoms with Crippen molar-refractivity contribution in [3.8, 4) is 17.2 Å². The van der Waals surface area contributed by atoms with Gasteiger partial charge in [-0.15, -0.1) is 0 Å². The van der Waals surface area contributed by atoms with Crippen molar-refractivity contribution in [1.29, 1.82) is 0 Å². The standard InChI is InChI=1S/C18H18N2O6/c1-24-13-5-3-12(4-6-13)19-18(23)14(9-21)20-17(22)11-2-7-15-16(8-11)26-10-25-15/h2-8,14,21H,9-10H2,1H3,(H,19,23)(H,20,22). The van der Waals surface area contributed by atoms with Crippen molar-refractivity contribution < 1.29 is 28.9 Å². The summed E-state index contributed by atoms with van der Waals surface area (Å²) in [5.41, 5.74) is 0.816. The number of benzene rings is 2. The van der Waals surface area contributed by atoms with Gasteiger partial charge in [0.05, 0.1) is 13.7 Å². The van der Waals surface area contributed by atoms with Crippen LogP contribution in [-0.2, 0) is 4.79 Å². The average molecular weight is 358 g/mol. The second kappa shape index (κ2) is 7.75. The van der Waals surface area contributed by atoms with Crippen LogP contribution in [0.2, 0.25) is 0 Å². The molecule has 1 aliphatic heterocycles. The number of nitrogens with one attached hydrogen (secondary N) is 2. The fraction of sp³-hybridized carbons (Fsp3) is 0.222. The van der Waals surface area contributed by atoms with E-state index in [0.29, 0.717) is 28.5 Å². The molecule has 2 aromatic carbocycles. The molecule has 0 saturated carbocycles. The molecule has 0 aliphatic carbocycles. The van der Waals surface area contributed by atoms with E-state index >= 15 is 0 Å². The van der Waals surface area contributed by atoms with Gasteiger partial charge < -0.3 is 30.0 Å². The Morgan fingerprint density at radius 2 is 1.88 bits per heavy atom. The minimum Gasteiger partial charge on any atom is -0.497 e. The predicted octanol–water partition coefficient (Wildman–Crippen LogP) is 1.15. The third kappa shape index (κ3) is 3.86. The number of aliphatic hydroxyl groups excluding tert-OH is 1. The Labute approximate surface area is 149 Å². The number of hydrogen-bond donors (Lipinski definition) is 3. The maximum absolute atomic E-state index is 12.3. The molecule has 136 valence electrons. The van der Waals surface area contributed by atoms with Crippen LogP contribution in [0.5, 0.6) is 17.2 Å². The number of fused-ring (bicyclic) bond motifs is 1. The van der Waals surface area contributed by atoms with Crippen LogP contribution < -0.4 is 24.8 Å². The first-order valence-electron chi connectivity index (χ1n) is 7.87. The molecule has 1 heterocycles. The highest BCUT2D eigenvalue weighted by Gasteiger charge is 2.22. The van der Waals surface area contributed by atoms with E-state index in [4.69, 9.17) is 14.2 Å². The first-order chi connectivity index (χ1) is 12.6. The Morgan fingerprint density at radius 1 is 1.15 bits per heavy atom. The summed E-state index contributed by atoms with van der Waals surface area (Å²) in [6.45, 7) is -0.442. The van der Waals surface area contributed by atoms with Crippen molar-refractivity contribution >= 4 is 17.5 Å². The first kappa shape index (κ1) is 17.6. The molecule has 3 N–H and O–H groups in total. The van der Waals surface area contributed by atoms with Crippen LogP contribution in [0, 0.1) is 0 Å². The summed E-state index contributed by atoms with van der Waals surface area (Å²) in [4.78, 5) is 24.6. The molecule has 1 unspecified atom stereocenters. The van der Waals surface area contributed by atoms with Crippen LogP contribution >= 0.6 is 0 Å². The van der Waals surface area contributed by atoms with Crippen molar-refractivity contribution in [2.75, 3.05) is 25.8 Å². The quantitative estimate of drug-likeness (QED) is 0.715. The van der Waals surface area contributed by atoms with Crippen molar-refractivity contribution in [3.63, 3.8) is 0 Å². The minimum absolute atomic E-state index is 0.101. The molecule has 0 bridgehead atoms.